The number of nitrogens with zero attached hydrogens (tertiary/aromatic N) is 2. The minimum atomic E-state index is -1.09. The second kappa shape index (κ2) is 9.59. The zero-order chi connectivity index (χ0) is 23.3. The third-order valence-electron chi connectivity index (χ3n) is 4.02. The summed E-state index contributed by atoms with van der Waals surface area (Å²) >= 11 is 0. The Hall–Kier alpha value is -3.43. The Bertz CT molecular complexity index is 943. The van der Waals surface area contributed by atoms with Gasteiger partial charge in [0.05, 0.1) is 18.5 Å². The van der Waals surface area contributed by atoms with Crippen LogP contribution in [0.4, 0.5) is 30.8 Å². The van der Waals surface area contributed by atoms with Crippen LogP contribution in [-0.4, -0.2) is 35.7 Å². The van der Waals surface area contributed by atoms with Crippen molar-refractivity contribution in [3.05, 3.63) is 42.0 Å². The number of alkyl carbamates (subject to hydrolysis) is 1. The maximum atomic E-state index is 13.9. The molecule has 0 radical (unpaired) electrons. The van der Waals surface area contributed by atoms with Crippen LogP contribution < -0.4 is 20.7 Å². The summed E-state index contributed by atoms with van der Waals surface area (Å²) in [4.78, 5) is 30.8. The number of carbonyl (C=O) groups excluding carboxylic acids is 2. The number of hydrogen-bond acceptors (Lipinski definition) is 6. The average molecular weight is 436 g/mol. The molecular formula is C21H26F2N4O4. The first-order chi connectivity index (χ1) is 14.4. The third kappa shape index (κ3) is 6.27. The van der Waals surface area contributed by atoms with Crippen molar-refractivity contribution in [3.63, 3.8) is 0 Å². The molecule has 10 heteroatoms. The summed E-state index contributed by atoms with van der Waals surface area (Å²) in [5, 5.41) is 2.48. The lowest BCUT2D eigenvalue weighted by Crippen LogP contribution is -2.48. The molecule has 2 aromatic rings. The van der Waals surface area contributed by atoms with Gasteiger partial charge in [-0.05, 0) is 45.4 Å². The number of carbonyl (C=O) groups is 2. The van der Waals surface area contributed by atoms with E-state index in [2.05, 4.69) is 10.3 Å². The van der Waals surface area contributed by atoms with Gasteiger partial charge < -0.3 is 20.5 Å². The lowest BCUT2D eigenvalue weighted by Gasteiger charge is -2.28. The molecule has 31 heavy (non-hydrogen) atoms. The van der Waals surface area contributed by atoms with Crippen molar-refractivity contribution in [1.82, 2.24) is 10.3 Å². The van der Waals surface area contributed by atoms with Gasteiger partial charge in [0.1, 0.15) is 23.3 Å². The van der Waals surface area contributed by atoms with E-state index < -0.39 is 35.3 Å². The van der Waals surface area contributed by atoms with Gasteiger partial charge in [-0.3, -0.25) is 9.69 Å². The number of aromatic nitrogens is 1. The highest BCUT2D eigenvalue weighted by atomic mass is 19.1. The van der Waals surface area contributed by atoms with E-state index in [1.165, 1.54) is 19.2 Å². The quantitative estimate of drug-likeness (QED) is 0.711. The number of ether oxygens (including phenoxy) is 2. The molecule has 0 spiro atoms. The molecule has 2 rings (SSSR count). The third-order valence-corrected chi connectivity index (χ3v) is 4.02. The van der Waals surface area contributed by atoms with E-state index >= 15 is 0 Å². The highest BCUT2D eigenvalue weighted by molar-refractivity contribution is 6.05. The molecule has 168 valence electrons. The summed E-state index contributed by atoms with van der Waals surface area (Å²) in [5.41, 5.74) is 5.14. The van der Waals surface area contributed by atoms with Crippen molar-refractivity contribution in [1.29, 1.82) is 0 Å². The summed E-state index contributed by atoms with van der Waals surface area (Å²) in [5.74, 6) is -2.48. The topological polar surface area (TPSA) is 107 Å². The summed E-state index contributed by atoms with van der Waals surface area (Å²) in [7, 11) is 1.37. The van der Waals surface area contributed by atoms with Crippen LogP contribution in [0.15, 0.2) is 30.3 Å². The molecule has 1 aromatic carbocycles. The number of hydrogen-bond donors (Lipinski definition) is 2. The Morgan fingerprint density at radius 2 is 1.81 bits per heavy atom. The van der Waals surface area contributed by atoms with Gasteiger partial charge in [-0.25, -0.2) is 13.6 Å². The van der Waals surface area contributed by atoms with Crippen LogP contribution in [0.5, 0.6) is 5.88 Å². The number of halogens is 2. The lowest BCUT2D eigenvalue weighted by atomic mass is 10.1. The SMILES string of the molecule is CCC(NC(=O)OC(C)(C)C)C(=O)N(c1cc(F)cc(F)c1)c1nc(OC)ccc1N. The van der Waals surface area contributed by atoms with Crippen LogP contribution in [-0.2, 0) is 9.53 Å². The second-order valence-electron chi connectivity index (χ2n) is 7.67. The number of anilines is 3. The van der Waals surface area contributed by atoms with Crippen LogP contribution >= 0.6 is 0 Å². The number of benzene rings is 1. The van der Waals surface area contributed by atoms with E-state index in [-0.39, 0.29) is 29.5 Å². The summed E-state index contributed by atoms with van der Waals surface area (Å²) in [6.07, 6.45) is -0.652. The normalized spacial score (nSPS) is 12.1. The number of nitrogens with one attached hydrogen (secondary N) is 1. The minimum absolute atomic E-state index is 0.0611. The van der Waals surface area contributed by atoms with Gasteiger partial charge >= 0.3 is 6.09 Å². The van der Waals surface area contributed by atoms with Gasteiger partial charge in [0.25, 0.3) is 5.91 Å². The number of pyridine rings is 1. The maximum absolute atomic E-state index is 13.9. The van der Waals surface area contributed by atoms with Crippen molar-refractivity contribution < 1.29 is 27.8 Å². The van der Waals surface area contributed by atoms with Gasteiger partial charge in [-0.1, -0.05) is 6.92 Å². The standard InChI is InChI=1S/C21H26F2N4O4/c1-6-16(25-20(29)31-21(2,3)4)19(28)27(14-10-12(22)9-13(23)11-14)18-15(24)7-8-17(26-18)30-5/h7-11,16H,6,24H2,1-5H3,(H,25,29). The van der Waals surface area contributed by atoms with Crippen molar-refractivity contribution in [3.8, 4) is 5.88 Å². The summed E-state index contributed by atoms with van der Waals surface area (Å²) in [6, 6.07) is 4.42. The Labute approximate surface area is 179 Å². The molecule has 0 fully saturated rings. The maximum Gasteiger partial charge on any atom is 0.408 e. The molecule has 1 aromatic heterocycles. The van der Waals surface area contributed by atoms with Gasteiger partial charge in [-0.15, -0.1) is 0 Å². The molecule has 0 aliphatic carbocycles. The van der Waals surface area contributed by atoms with Gasteiger partial charge in [-0.2, -0.15) is 4.98 Å². The Balaban J connectivity index is 2.53. The summed E-state index contributed by atoms with van der Waals surface area (Å²) in [6.45, 7) is 6.70. The second-order valence-corrected chi connectivity index (χ2v) is 7.67. The molecule has 0 aliphatic rings. The molecule has 0 saturated carbocycles. The molecule has 8 nitrogen and oxygen atoms in total. The number of nitrogen functional groups attached to an aromatic ring is 1. The number of nitrogens with two attached hydrogens (primary N) is 1. The Morgan fingerprint density at radius 3 is 2.32 bits per heavy atom. The smallest absolute Gasteiger partial charge is 0.408 e. The van der Waals surface area contributed by atoms with Crippen LogP contribution in [0.2, 0.25) is 0 Å². The van der Waals surface area contributed by atoms with Crippen LogP contribution in [0.1, 0.15) is 34.1 Å². The minimum Gasteiger partial charge on any atom is -0.481 e. The average Bonchev–Trinajstić information content (AvgIpc) is 2.65. The number of rotatable bonds is 6. The van der Waals surface area contributed by atoms with E-state index in [9.17, 15) is 18.4 Å². The lowest BCUT2D eigenvalue weighted by molar-refractivity contribution is -0.120. The highest BCUT2D eigenvalue weighted by Gasteiger charge is 2.31. The fourth-order valence-electron chi connectivity index (χ4n) is 2.70. The van der Waals surface area contributed by atoms with E-state index in [0.717, 1.165) is 17.0 Å². The first kappa shape index (κ1) is 23.8. The Kier molecular flexibility index (Phi) is 7.37. The fraction of sp³-hybridized carbons (Fsp3) is 0.381. The number of methoxy groups -OCH3 is 1. The predicted molar refractivity (Wildman–Crippen MR) is 112 cm³/mol. The number of amides is 2. The Morgan fingerprint density at radius 1 is 1.19 bits per heavy atom. The largest absolute Gasteiger partial charge is 0.481 e. The molecule has 1 heterocycles. The zero-order valence-electron chi connectivity index (χ0n) is 18.0. The van der Waals surface area contributed by atoms with Gasteiger partial charge in [0.15, 0.2) is 5.82 Å². The van der Waals surface area contributed by atoms with Crippen LogP contribution in [0.3, 0.4) is 0 Å². The van der Waals surface area contributed by atoms with Crippen LogP contribution in [0, 0.1) is 11.6 Å². The van der Waals surface area contributed by atoms with Crippen molar-refractivity contribution >= 4 is 29.2 Å². The molecule has 2 amide bonds. The van der Waals surface area contributed by atoms with Gasteiger partial charge in [0, 0.05) is 12.1 Å². The van der Waals surface area contributed by atoms with Crippen molar-refractivity contribution in [2.45, 2.75) is 45.8 Å². The van der Waals surface area contributed by atoms with Crippen molar-refractivity contribution in [2.24, 2.45) is 0 Å². The van der Waals surface area contributed by atoms with E-state index in [1.54, 1.807) is 27.7 Å². The van der Waals surface area contributed by atoms with E-state index in [4.69, 9.17) is 15.2 Å². The molecule has 0 bridgehead atoms. The van der Waals surface area contributed by atoms with Crippen LogP contribution in [0.25, 0.3) is 0 Å². The highest BCUT2D eigenvalue weighted by Crippen LogP contribution is 2.32. The first-order valence-corrected chi connectivity index (χ1v) is 9.55. The fourth-order valence-corrected chi connectivity index (χ4v) is 2.70. The molecule has 1 unspecified atom stereocenters. The first-order valence-electron chi connectivity index (χ1n) is 9.55. The van der Waals surface area contributed by atoms with Crippen molar-refractivity contribution in [2.75, 3.05) is 17.7 Å². The van der Waals surface area contributed by atoms with E-state index in [1.807, 2.05) is 0 Å². The summed E-state index contributed by atoms with van der Waals surface area (Å²) < 4.78 is 38.2. The molecular weight excluding hydrogens is 410 g/mol. The predicted octanol–water partition coefficient (Wildman–Crippen LogP) is 3.92. The molecule has 0 saturated heterocycles. The zero-order valence-corrected chi connectivity index (χ0v) is 18.0. The molecule has 3 N–H and O–H groups in total. The monoisotopic (exact) mass is 436 g/mol. The molecule has 0 aliphatic heterocycles. The van der Waals surface area contributed by atoms with Gasteiger partial charge in [0.2, 0.25) is 5.88 Å². The molecule has 1 atom stereocenters. The van der Waals surface area contributed by atoms with E-state index in [0.29, 0.717) is 6.07 Å².